The van der Waals surface area contributed by atoms with Crippen LogP contribution >= 0.6 is 45.8 Å². The first-order valence-electron chi connectivity index (χ1n) is 14.0. The Kier molecular flexibility index (Phi) is 7.91. The number of fused-ring (bicyclic) bond motifs is 4. The van der Waals surface area contributed by atoms with Crippen molar-refractivity contribution in [2.75, 3.05) is 18.6 Å². The van der Waals surface area contributed by atoms with Crippen LogP contribution in [0.5, 0.6) is 11.5 Å². The van der Waals surface area contributed by atoms with E-state index in [-0.39, 0.29) is 38.5 Å². The Hall–Kier alpha value is -2.98. The van der Waals surface area contributed by atoms with E-state index in [0.29, 0.717) is 12.0 Å². The number of alkyl halides is 2. The van der Waals surface area contributed by atoms with Crippen LogP contribution < -0.4 is 9.64 Å². The standard InChI is InChI=1S/C30H22Cl2F5IN2O6/c1-3-6-39-25(42)12-5-4-11-13(16(12)26(39)43)9-29(31)27(44)40(23-21(36)19(34)18(33)20(35)22(23)37)28(45)30(29,32)17(11)10-7-14(38)24(41)15(8-10)46-2/h4,7-8,12-13,16-17,41H,3,5-6,9H2,1-2H3/t12-,13+,16-,17-,29+,30-/m0/s1. The van der Waals surface area contributed by atoms with Crippen molar-refractivity contribution in [2.24, 2.45) is 17.8 Å². The maximum absolute atomic E-state index is 15.1. The molecule has 46 heavy (non-hydrogen) atoms. The topological polar surface area (TPSA) is 104 Å². The van der Waals surface area contributed by atoms with Crippen LogP contribution in [0.1, 0.15) is 37.7 Å². The number of benzene rings is 2. The third-order valence-electron chi connectivity index (χ3n) is 9.36. The van der Waals surface area contributed by atoms with Gasteiger partial charge in [-0.15, -0.1) is 23.2 Å². The lowest BCUT2D eigenvalue weighted by atomic mass is 9.56. The fourth-order valence-corrected chi connectivity index (χ4v) is 8.93. The van der Waals surface area contributed by atoms with Gasteiger partial charge in [0.1, 0.15) is 5.69 Å². The van der Waals surface area contributed by atoms with Gasteiger partial charge in [-0.2, -0.15) is 0 Å². The number of aromatic hydroxyl groups is 1. The molecule has 244 valence electrons. The van der Waals surface area contributed by atoms with Crippen LogP contribution in [-0.4, -0.2) is 57.0 Å². The van der Waals surface area contributed by atoms with E-state index in [0.717, 1.165) is 4.90 Å². The molecule has 0 spiro atoms. The number of carbonyl (C=O) groups excluding carboxylic acids is 4. The first-order chi connectivity index (χ1) is 21.6. The van der Waals surface area contributed by atoms with Crippen molar-refractivity contribution in [1.82, 2.24) is 4.90 Å². The van der Waals surface area contributed by atoms with Gasteiger partial charge in [0, 0.05) is 12.5 Å². The van der Waals surface area contributed by atoms with Gasteiger partial charge in [0.05, 0.1) is 22.5 Å². The Labute approximate surface area is 281 Å². The lowest BCUT2D eigenvalue weighted by Crippen LogP contribution is -2.60. The van der Waals surface area contributed by atoms with Gasteiger partial charge in [-0.05, 0) is 65.5 Å². The summed E-state index contributed by atoms with van der Waals surface area (Å²) in [6, 6.07) is 2.69. The molecule has 2 aromatic rings. The number of ether oxygens (including phenoxy) is 1. The van der Waals surface area contributed by atoms with Crippen LogP contribution in [-0.2, 0) is 19.2 Å². The minimum Gasteiger partial charge on any atom is -0.504 e. The second-order valence-corrected chi connectivity index (χ2v) is 14.0. The molecule has 4 aliphatic rings. The van der Waals surface area contributed by atoms with Crippen LogP contribution in [0, 0.1) is 50.4 Å². The SMILES string of the molecule is CCCN1C(=O)[C@H]2[C@H](CC=C3[C@H]2C[C@@]2(Cl)C(=O)N(c4c(F)c(F)c(F)c(F)c4F)C(=O)[C@@]2(Cl)[C@H]3c2cc(I)c(O)c(OC)c2)C1=O. The van der Waals surface area contributed by atoms with Crippen molar-refractivity contribution in [2.45, 2.75) is 41.9 Å². The number of methoxy groups -OCH3 is 1. The molecule has 0 radical (unpaired) electrons. The highest BCUT2D eigenvalue weighted by atomic mass is 127. The summed E-state index contributed by atoms with van der Waals surface area (Å²) in [6.45, 7) is 1.90. The Morgan fingerprint density at radius 3 is 2.15 bits per heavy atom. The summed E-state index contributed by atoms with van der Waals surface area (Å²) in [5.74, 6) is -21.1. The summed E-state index contributed by atoms with van der Waals surface area (Å²) in [7, 11) is 1.24. The third-order valence-corrected chi connectivity index (χ3v) is 11.6. The predicted octanol–water partition coefficient (Wildman–Crippen LogP) is 5.67. The molecule has 0 bridgehead atoms. The highest BCUT2D eigenvalue weighted by Gasteiger charge is 2.77. The van der Waals surface area contributed by atoms with Gasteiger partial charge in [0.25, 0.3) is 11.8 Å². The van der Waals surface area contributed by atoms with Gasteiger partial charge in [-0.25, -0.2) is 26.9 Å². The Morgan fingerprint density at radius 1 is 0.957 bits per heavy atom. The van der Waals surface area contributed by atoms with Crippen LogP contribution in [0.4, 0.5) is 27.6 Å². The number of hydrogen-bond donors (Lipinski definition) is 1. The molecular formula is C30H22Cl2F5IN2O6. The minimum absolute atomic E-state index is 0.0375. The largest absolute Gasteiger partial charge is 0.504 e. The molecule has 3 fully saturated rings. The lowest BCUT2D eigenvalue weighted by Gasteiger charge is -2.50. The molecule has 2 aliphatic heterocycles. The molecule has 2 aromatic carbocycles. The number of halogens is 8. The van der Waals surface area contributed by atoms with E-state index in [1.54, 1.807) is 35.6 Å². The van der Waals surface area contributed by atoms with Gasteiger partial charge >= 0.3 is 0 Å². The van der Waals surface area contributed by atoms with Crippen molar-refractivity contribution >= 4 is 75.1 Å². The summed E-state index contributed by atoms with van der Waals surface area (Å²) in [5.41, 5.74) is -1.43. The number of phenolic OH excluding ortho intramolecular Hbond substituents is 1. The van der Waals surface area contributed by atoms with E-state index in [1.807, 2.05) is 0 Å². The summed E-state index contributed by atoms with van der Waals surface area (Å²) in [4.78, 5) is 51.0. The zero-order valence-electron chi connectivity index (χ0n) is 23.8. The molecule has 6 rings (SSSR count). The Balaban J connectivity index is 1.62. The number of hydrogen-bond acceptors (Lipinski definition) is 6. The number of rotatable bonds is 5. The van der Waals surface area contributed by atoms with Crippen molar-refractivity contribution in [1.29, 1.82) is 0 Å². The first-order valence-corrected chi connectivity index (χ1v) is 15.8. The number of nitrogens with zero attached hydrogens (tertiary/aromatic N) is 2. The number of amides is 4. The van der Waals surface area contributed by atoms with Gasteiger partial charge in [-0.3, -0.25) is 24.1 Å². The van der Waals surface area contributed by atoms with Crippen molar-refractivity contribution in [3.05, 3.63) is 62.0 Å². The number of phenols is 1. The number of allylic oxidation sites excluding steroid dienone is 2. The summed E-state index contributed by atoms with van der Waals surface area (Å²) in [6.07, 6.45) is 1.51. The quantitative estimate of drug-likeness (QED) is 0.0796. The molecule has 16 heteroatoms. The summed E-state index contributed by atoms with van der Waals surface area (Å²) < 4.78 is 78.4. The van der Waals surface area contributed by atoms with E-state index in [2.05, 4.69) is 0 Å². The lowest BCUT2D eigenvalue weighted by molar-refractivity contribution is -0.140. The number of anilines is 1. The van der Waals surface area contributed by atoms with E-state index in [4.69, 9.17) is 27.9 Å². The zero-order chi connectivity index (χ0) is 33.8. The van der Waals surface area contributed by atoms with Crippen LogP contribution in [0.15, 0.2) is 23.8 Å². The fourth-order valence-electron chi connectivity index (χ4n) is 7.37. The van der Waals surface area contributed by atoms with Crippen LogP contribution in [0.2, 0.25) is 0 Å². The molecule has 2 aliphatic carbocycles. The van der Waals surface area contributed by atoms with E-state index in [1.165, 1.54) is 19.2 Å². The van der Waals surface area contributed by atoms with Gasteiger partial charge < -0.3 is 9.84 Å². The van der Waals surface area contributed by atoms with Crippen LogP contribution in [0.25, 0.3) is 0 Å². The normalized spacial score (nSPS) is 30.4. The maximum Gasteiger partial charge on any atom is 0.258 e. The number of carbonyl (C=O) groups is 4. The second kappa shape index (κ2) is 11.0. The number of imide groups is 2. The first kappa shape index (κ1) is 32.9. The molecule has 2 saturated heterocycles. The average Bonchev–Trinajstić information content (AvgIpc) is 3.35. The number of likely N-dealkylation sites (tertiary alicyclic amines) is 1. The zero-order valence-corrected chi connectivity index (χ0v) is 27.4. The molecule has 1 saturated carbocycles. The van der Waals surface area contributed by atoms with E-state index in [9.17, 15) is 37.5 Å². The van der Waals surface area contributed by atoms with Gasteiger partial charge in [-0.1, -0.05) is 18.6 Å². The molecule has 4 amide bonds. The van der Waals surface area contributed by atoms with Gasteiger partial charge in [0.15, 0.2) is 44.5 Å². The van der Waals surface area contributed by atoms with E-state index < -0.39 is 98.2 Å². The van der Waals surface area contributed by atoms with E-state index >= 15 is 8.78 Å². The third kappa shape index (κ3) is 4.07. The molecule has 0 unspecified atom stereocenters. The average molecular weight is 799 g/mol. The fraction of sp³-hybridized carbons (Fsp3) is 0.400. The highest BCUT2D eigenvalue weighted by molar-refractivity contribution is 14.1. The molecular weight excluding hydrogens is 777 g/mol. The molecule has 0 aromatic heterocycles. The summed E-state index contributed by atoms with van der Waals surface area (Å²) >= 11 is 15.9. The monoisotopic (exact) mass is 798 g/mol. The van der Waals surface area contributed by atoms with Crippen LogP contribution in [0.3, 0.4) is 0 Å². The molecule has 1 N–H and O–H groups in total. The predicted molar refractivity (Wildman–Crippen MR) is 161 cm³/mol. The highest BCUT2D eigenvalue weighted by Crippen LogP contribution is 2.66. The molecule has 8 nitrogen and oxygen atoms in total. The Morgan fingerprint density at radius 2 is 1.57 bits per heavy atom. The van der Waals surface area contributed by atoms with Gasteiger partial charge in [0.2, 0.25) is 17.6 Å². The Bertz CT molecular complexity index is 1780. The maximum atomic E-state index is 15.1. The smallest absolute Gasteiger partial charge is 0.258 e. The van der Waals surface area contributed by atoms with Crippen molar-refractivity contribution < 1.29 is 51.0 Å². The molecule has 6 atom stereocenters. The van der Waals surface area contributed by atoms with Crippen molar-refractivity contribution in [3.8, 4) is 11.5 Å². The van der Waals surface area contributed by atoms with Crippen molar-refractivity contribution in [3.63, 3.8) is 0 Å². The molecule has 2 heterocycles. The minimum atomic E-state index is -2.67. The summed E-state index contributed by atoms with van der Waals surface area (Å²) in [5, 5.41) is 10.5. The second-order valence-electron chi connectivity index (χ2n) is 11.6.